The molecule has 2 aliphatic carbocycles. The summed E-state index contributed by atoms with van der Waals surface area (Å²) in [5, 5.41) is 3.50. The maximum Gasteiger partial charge on any atom is 0.0367 e. The Morgan fingerprint density at radius 1 is 1.31 bits per heavy atom. The lowest BCUT2D eigenvalue weighted by Gasteiger charge is -2.16. The van der Waals surface area contributed by atoms with Crippen molar-refractivity contribution in [3.8, 4) is 0 Å². The van der Waals surface area contributed by atoms with Gasteiger partial charge in [-0.25, -0.2) is 0 Å². The van der Waals surface area contributed by atoms with Crippen molar-refractivity contribution in [3.05, 3.63) is 30.1 Å². The highest BCUT2D eigenvalue weighted by Gasteiger charge is 2.53. The van der Waals surface area contributed by atoms with Gasteiger partial charge in [0.05, 0.1) is 0 Å². The summed E-state index contributed by atoms with van der Waals surface area (Å²) in [5.74, 6) is 2.86. The van der Waals surface area contributed by atoms with E-state index in [0.717, 1.165) is 17.8 Å². The first-order chi connectivity index (χ1) is 7.92. The van der Waals surface area contributed by atoms with Gasteiger partial charge < -0.3 is 5.32 Å². The van der Waals surface area contributed by atoms with E-state index in [1.807, 2.05) is 18.5 Å². The van der Waals surface area contributed by atoms with Crippen molar-refractivity contribution in [2.75, 3.05) is 7.05 Å². The van der Waals surface area contributed by atoms with E-state index in [9.17, 15) is 0 Å². The molecule has 0 aromatic carbocycles. The molecular formula is C14H20N2. The van der Waals surface area contributed by atoms with Crippen LogP contribution in [0.25, 0.3) is 0 Å². The zero-order valence-electron chi connectivity index (χ0n) is 9.89. The second kappa shape index (κ2) is 4.17. The lowest BCUT2D eigenvalue weighted by molar-refractivity contribution is 0.480. The molecule has 1 heterocycles. The molecule has 0 radical (unpaired) electrons. The Bertz CT molecular complexity index is 337. The quantitative estimate of drug-likeness (QED) is 0.840. The fraction of sp³-hybridized carbons (Fsp3) is 0.643. The SMILES string of the molecule is CNC(c1cccnc1)C1C2CCCCC21. The predicted molar refractivity (Wildman–Crippen MR) is 65.0 cm³/mol. The number of hydrogen-bond donors (Lipinski definition) is 1. The minimum atomic E-state index is 0.529. The van der Waals surface area contributed by atoms with Crippen LogP contribution in [0.15, 0.2) is 24.5 Å². The van der Waals surface area contributed by atoms with Crippen molar-refractivity contribution in [3.63, 3.8) is 0 Å². The lowest BCUT2D eigenvalue weighted by Crippen LogP contribution is -2.19. The molecule has 2 fully saturated rings. The Kier molecular flexibility index (Phi) is 2.68. The average molecular weight is 216 g/mol. The van der Waals surface area contributed by atoms with Crippen molar-refractivity contribution in [1.82, 2.24) is 10.3 Å². The fourth-order valence-corrected chi connectivity index (χ4v) is 3.68. The summed E-state index contributed by atoms with van der Waals surface area (Å²) in [6.45, 7) is 0. The van der Waals surface area contributed by atoms with Crippen molar-refractivity contribution in [2.45, 2.75) is 31.7 Å². The third-order valence-electron chi connectivity index (χ3n) is 4.46. The first kappa shape index (κ1) is 10.3. The van der Waals surface area contributed by atoms with Crippen LogP contribution < -0.4 is 5.32 Å². The monoisotopic (exact) mass is 216 g/mol. The Morgan fingerprint density at radius 3 is 2.62 bits per heavy atom. The highest BCUT2D eigenvalue weighted by atomic mass is 14.9. The molecule has 0 amide bonds. The van der Waals surface area contributed by atoms with Crippen LogP contribution in [0, 0.1) is 17.8 Å². The molecule has 0 aliphatic heterocycles. The van der Waals surface area contributed by atoms with Crippen LogP contribution in [-0.4, -0.2) is 12.0 Å². The maximum absolute atomic E-state index is 4.24. The van der Waals surface area contributed by atoms with Crippen LogP contribution >= 0.6 is 0 Å². The minimum absolute atomic E-state index is 0.529. The fourth-order valence-electron chi connectivity index (χ4n) is 3.68. The first-order valence-corrected chi connectivity index (χ1v) is 6.49. The van der Waals surface area contributed by atoms with E-state index in [0.29, 0.717) is 6.04 Å². The van der Waals surface area contributed by atoms with Gasteiger partial charge in [-0.1, -0.05) is 18.9 Å². The molecule has 2 saturated carbocycles. The van der Waals surface area contributed by atoms with Gasteiger partial charge in [0.2, 0.25) is 0 Å². The normalized spacial score (nSPS) is 34.2. The van der Waals surface area contributed by atoms with Gasteiger partial charge in [0.1, 0.15) is 0 Å². The maximum atomic E-state index is 4.24. The zero-order valence-corrected chi connectivity index (χ0v) is 9.89. The molecule has 1 aromatic heterocycles. The van der Waals surface area contributed by atoms with E-state index in [4.69, 9.17) is 0 Å². The molecule has 16 heavy (non-hydrogen) atoms. The highest BCUT2D eigenvalue weighted by Crippen LogP contribution is 2.60. The van der Waals surface area contributed by atoms with Crippen LogP contribution in [0.3, 0.4) is 0 Å². The smallest absolute Gasteiger partial charge is 0.0367 e. The molecule has 2 heteroatoms. The van der Waals surface area contributed by atoms with Crippen molar-refractivity contribution in [1.29, 1.82) is 0 Å². The number of nitrogens with zero attached hydrogens (tertiary/aromatic N) is 1. The average Bonchev–Trinajstić information content (AvgIpc) is 3.07. The van der Waals surface area contributed by atoms with E-state index < -0.39 is 0 Å². The number of fused-ring (bicyclic) bond motifs is 1. The van der Waals surface area contributed by atoms with Gasteiger partial charge >= 0.3 is 0 Å². The van der Waals surface area contributed by atoms with Crippen LogP contribution in [-0.2, 0) is 0 Å². The summed E-state index contributed by atoms with van der Waals surface area (Å²) in [7, 11) is 2.09. The first-order valence-electron chi connectivity index (χ1n) is 6.49. The van der Waals surface area contributed by atoms with E-state index in [1.165, 1.54) is 31.2 Å². The van der Waals surface area contributed by atoms with E-state index >= 15 is 0 Å². The molecule has 0 saturated heterocycles. The summed E-state index contributed by atoms with van der Waals surface area (Å²) in [5.41, 5.74) is 1.37. The second-order valence-corrected chi connectivity index (χ2v) is 5.24. The van der Waals surface area contributed by atoms with Crippen LogP contribution in [0.1, 0.15) is 37.3 Å². The van der Waals surface area contributed by atoms with E-state index in [1.54, 1.807) is 0 Å². The highest BCUT2D eigenvalue weighted by molar-refractivity contribution is 5.20. The number of pyridine rings is 1. The van der Waals surface area contributed by atoms with Gasteiger partial charge in [-0.3, -0.25) is 4.98 Å². The second-order valence-electron chi connectivity index (χ2n) is 5.24. The summed E-state index contributed by atoms with van der Waals surface area (Å²) in [6.07, 6.45) is 9.67. The van der Waals surface area contributed by atoms with Gasteiger partial charge in [-0.2, -0.15) is 0 Å². The van der Waals surface area contributed by atoms with Gasteiger partial charge in [-0.05, 0) is 49.3 Å². The van der Waals surface area contributed by atoms with Gasteiger partial charge in [0, 0.05) is 18.4 Å². The molecule has 86 valence electrons. The van der Waals surface area contributed by atoms with Crippen LogP contribution in [0.5, 0.6) is 0 Å². The lowest BCUT2D eigenvalue weighted by atomic mass is 10.0. The summed E-state index contributed by atoms with van der Waals surface area (Å²) in [4.78, 5) is 4.24. The Morgan fingerprint density at radius 2 is 2.06 bits per heavy atom. The van der Waals surface area contributed by atoms with Crippen molar-refractivity contribution >= 4 is 0 Å². The van der Waals surface area contributed by atoms with Crippen molar-refractivity contribution in [2.24, 2.45) is 17.8 Å². The summed E-state index contributed by atoms with van der Waals surface area (Å²) >= 11 is 0. The molecule has 3 atom stereocenters. The van der Waals surface area contributed by atoms with Crippen molar-refractivity contribution < 1.29 is 0 Å². The summed E-state index contributed by atoms with van der Waals surface area (Å²) in [6, 6.07) is 4.78. The molecule has 3 rings (SSSR count). The Labute approximate surface area is 97.5 Å². The molecule has 0 spiro atoms. The molecule has 2 nitrogen and oxygen atoms in total. The molecule has 1 N–H and O–H groups in total. The summed E-state index contributed by atoms with van der Waals surface area (Å²) < 4.78 is 0. The molecule has 3 unspecified atom stereocenters. The Hall–Kier alpha value is -0.890. The molecule has 0 bridgehead atoms. The minimum Gasteiger partial charge on any atom is -0.313 e. The van der Waals surface area contributed by atoms with Gasteiger partial charge in [0.15, 0.2) is 0 Å². The van der Waals surface area contributed by atoms with Crippen LogP contribution in [0.4, 0.5) is 0 Å². The zero-order chi connectivity index (χ0) is 11.0. The topological polar surface area (TPSA) is 24.9 Å². The third-order valence-corrected chi connectivity index (χ3v) is 4.46. The number of hydrogen-bond acceptors (Lipinski definition) is 2. The molecule has 2 aliphatic rings. The predicted octanol–water partition coefficient (Wildman–Crippen LogP) is 2.78. The molecule has 1 aromatic rings. The van der Waals surface area contributed by atoms with Crippen LogP contribution in [0.2, 0.25) is 0 Å². The number of rotatable bonds is 3. The Balaban J connectivity index is 1.77. The number of aromatic nitrogens is 1. The standard InChI is InChI=1S/C14H20N2/c1-15-14(10-5-4-8-16-9-10)13-11-6-2-3-7-12(11)13/h4-5,8-9,11-15H,2-3,6-7H2,1H3. The van der Waals surface area contributed by atoms with Gasteiger partial charge in [-0.15, -0.1) is 0 Å². The van der Waals surface area contributed by atoms with Gasteiger partial charge in [0.25, 0.3) is 0 Å². The third kappa shape index (κ3) is 1.65. The number of nitrogens with one attached hydrogen (secondary N) is 1. The molecular weight excluding hydrogens is 196 g/mol. The van der Waals surface area contributed by atoms with E-state index in [2.05, 4.69) is 23.4 Å². The largest absolute Gasteiger partial charge is 0.313 e. The van der Waals surface area contributed by atoms with E-state index in [-0.39, 0.29) is 0 Å².